The molecule has 29 heavy (non-hydrogen) atoms. The van der Waals surface area contributed by atoms with E-state index in [0.29, 0.717) is 18.0 Å². The number of benzene rings is 2. The number of amides is 1. The molecule has 0 aromatic heterocycles. The van der Waals surface area contributed by atoms with E-state index in [0.717, 1.165) is 16.9 Å². The van der Waals surface area contributed by atoms with Crippen molar-refractivity contribution in [3.05, 3.63) is 71.3 Å². The molecule has 2 aromatic carbocycles. The zero-order valence-corrected chi connectivity index (χ0v) is 17.1. The minimum atomic E-state index is -0.375. The molecule has 1 saturated carbocycles. The fourth-order valence-corrected chi connectivity index (χ4v) is 3.29. The normalized spacial score (nSPS) is 14.4. The Labute approximate surface area is 171 Å². The summed E-state index contributed by atoms with van der Waals surface area (Å²) in [7, 11) is 3.00. The minimum absolute atomic E-state index is 0.0164. The van der Waals surface area contributed by atoms with Crippen LogP contribution >= 0.6 is 0 Å². The first kappa shape index (κ1) is 20.6. The molecule has 0 heterocycles. The third-order valence-corrected chi connectivity index (χ3v) is 5.34. The molecular formula is C24H27NO4. The second kappa shape index (κ2) is 9.41. The predicted octanol–water partition coefficient (Wildman–Crippen LogP) is 4.32. The van der Waals surface area contributed by atoms with Crippen LogP contribution in [0.15, 0.2) is 54.6 Å². The molecule has 5 heteroatoms. The summed E-state index contributed by atoms with van der Waals surface area (Å²) >= 11 is 0. The molecule has 0 spiro atoms. The molecule has 1 atom stereocenters. The Kier molecular flexibility index (Phi) is 6.70. The Balaban J connectivity index is 1.71. The van der Waals surface area contributed by atoms with Gasteiger partial charge in [-0.1, -0.05) is 24.3 Å². The van der Waals surface area contributed by atoms with Gasteiger partial charge in [0.05, 0.1) is 19.8 Å². The standard InChI is InChI=1S/C24H27NO4/c1-17(20-11-12-20)25(16-19-6-13-22(28-2)14-7-19)23(26)15-8-18-4-9-21(10-5-18)24(27)29-3/h4-10,13-15,17,20H,11-12,16H2,1-3H3/b15-8+. The number of esters is 1. The second-order valence-electron chi connectivity index (χ2n) is 7.34. The van der Waals surface area contributed by atoms with Gasteiger partial charge in [0, 0.05) is 18.7 Å². The SMILES string of the molecule is COC(=O)c1ccc(/C=C/C(=O)N(Cc2ccc(OC)cc2)C(C)C2CC2)cc1. The molecule has 3 rings (SSSR count). The van der Waals surface area contributed by atoms with Gasteiger partial charge in [0.1, 0.15) is 5.75 Å². The van der Waals surface area contributed by atoms with E-state index in [1.807, 2.05) is 29.2 Å². The highest BCUT2D eigenvalue weighted by Gasteiger charge is 2.33. The van der Waals surface area contributed by atoms with Crippen LogP contribution in [-0.2, 0) is 16.1 Å². The summed E-state index contributed by atoms with van der Waals surface area (Å²) < 4.78 is 9.92. The lowest BCUT2D eigenvalue weighted by molar-refractivity contribution is -0.129. The monoisotopic (exact) mass is 393 g/mol. The molecular weight excluding hydrogens is 366 g/mol. The number of hydrogen-bond acceptors (Lipinski definition) is 4. The lowest BCUT2D eigenvalue weighted by atomic mass is 10.1. The van der Waals surface area contributed by atoms with Crippen molar-refractivity contribution in [1.82, 2.24) is 4.90 Å². The van der Waals surface area contributed by atoms with Crippen molar-refractivity contribution in [3.63, 3.8) is 0 Å². The largest absolute Gasteiger partial charge is 0.497 e. The summed E-state index contributed by atoms with van der Waals surface area (Å²) in [6.07, 6.45) is 5.73. The quantitative estimate of drug-likeness (QED) is 0.495. The molecule has 1 aliphatic rings. The number of ether oxygens (including phenoxy) is 2. The van der Waals surface area contributed by atoms with Crippen molar-refractivity contribution >= 4 is 18.0 Å². The summed E-state index contributed by atoms with van der Waals surface area (Å²) in [6.45, 7) is 2.68. The van der Waals surface area contributed by atoms with Crippen molar-refractivity contribution < 1.29 is 19.1 Å². The van der Waals surface area contributed by atoms with Gasteiger partial charge in [-0.25, -0.2) is 4.79 Å². The Morgan fingerprint density at radius 3 is 2.28 bits per heavy atom. The third kappa shape index (κ3) is 5.47. The zero-order valence-electron chi connectivity index (χ0n) is 17.1. The van der Waals surface area contributed by atoms with Crippen molar-refractivity contribution in [2.75, 3.05) is 14.2 Å². The van der Waals surface area contributed by atoms with E-state index in [-0.39, 0.29) is 17.9 Å². The Hall–Kier alpha value is -3.08. The van der Waals surface area contributed by atoms with E-state index >= 15 is 0 Å². The molecule has 0 bridgehead atoms. The first-order valence-corrected chi connectivity index (χ1v) is 9.82. The Morgan fingerprint density at radius 2 is 1.72 bits per heavy atom. The van der Waals surface area contributed by atoms with Crippen molar-refractivity contribution in [2.45, 2.75) is 32.4 Å². The maximum absolute atomic E-state index is 13.0. The van der Waals surface area contributed by atoms with Crippen LogP contribution in [0.5, 0.6) is 5.75 Å². The summed E-state index contributed by atoms with van der Waals surface area (Å²) in [6, 6.07) is 15.0. The molecule has 1 fully saturated rings. The van der Waals surface area contributed by atoms with Gasteiger partial charge in [-0.15, -0.1) is 0 Å². The number of carbonyl (C=O) groups is 2. The molecule has 1 aliphatic carbocycles. The van der Waals surface area contributed by atoms with Gasteiger partial charge in [-0.2, -0.15) is 0 Å². The fourth-order valence-electron chi connectivity index (χ4n) is 3.29. The van der Waals surface area contributed by atoms with E-state index in [2.05, 4.69) is 6.92 Å². The molecule has 0 radical (unpaired) electrons. The van der Waals surface area contributed by atoms with Crippen LogP contribution in [0.4, 0.5) is 0 Å². The number of carbonyl (C=O) groups excluding carboxylic acids is 2. The summed E-state index contributed by atoms with van der Waals surface area (Å²) in [5, 5.41) is 0. The van der Waals surface area contributed by atoms with Gasteiger partial charge in [0.25, 0.3) is 0 Å². The highest BCUT2D eigenvalue weighted by Crippen LogP contribution is 2.36. The first-order chi connectivity index (χ1) is 14.0. The third-order valence-electron chi connectivity index (χ3n) is 5.34. The fraction of sp³-hybridized carbons (Fsp3) is 0.333. The van der Waals surface area contributed by atoms with Crippen LogP contribution in [0.25, 0.3) is 6.08 Å². The van der Waals surface area contributed by atoms with Crippen LogP contribution in [0.3, 0.4) is 0 Å². The molecule has 1 unspecified atom stereocenters. The number of rotatable bonds is 8. The van der Waals surface area contributed by atoms with Crippen LogP contribution in [0.1, 0.15) is 41.3 Å². The summed E-state index contributed by atoms with van der Waals surface area (Å²) in [4.78, 5) is 26.4. The van der Waals surface area contributed by atoms with Gasteiger partial charge in [0.2, 0.25) is 5.91 Å². The molecule has 5 nitrogen and oxygen atoms in total. The predicted molar refractivity (Wildman–Crippen MR) is 113 cm³/mol. The van der Waals surface area contributed by atoms with E-state index in [9.17, 15) is 9.59 Å². The molecule has 0 N–H and O–H groups in total. The van der Waals surface area contributed by atoms with Gasteiger partial charge < -0.3 is 14.4 Å². The smallest absolute Gasteiger partial charge is 0.337 e. The average molecular weight is 393 g/mol. The highest BCUT2D eigenvalue weighted by molar-refractivity contribution is 5.92. The van der Waals surface area contributed by atoms with Crippen molar-refractivity contribution in [2.24, 2.45) is 5.92 Å². The molecule has 0 saturated heterocycles. The highest BCUT2D eigenvalue weighted by atomic mass is 16.5. The lowest BCUT2D eigenvalue weighted by Gasteiger charge is -2.28. The van der Waals surface area contributed by atoms with Crippen LogP contribution in [-0.4, -0.2) is 37.0 Å². The van der Waals surface area contributed by atoms with Gasteiger partial charge >= 0.3 is 5.97 Å². The molecule has 1 amide bonds. The van der Waals surface area contributed by atoms with Crippen LogP contribution in [0, 0.1) is 5.92 Å². The molecule has 2 aromatic rings. The van der Waals surface area contributed by atoms with E-state index in [1.54, 1.807) is 43.5 Å². The Morgan fingerprint density at radius 1 is 1.07 bits per heavy atom. The summed E-state index contributed by atoms with van der Waals surface area (Å²) in [5.74, 6) is 0.986. The first-order valence-electron chi connectivity index (χ1n) is 9.82. The van der Waals surface area contributed by atoms with E-state index < -0.39 is 0 Å². The second-order valence-corrected chi connectivity index (χ2v) is 7.34. The van der Waals surface area contributed by atoms with Crippen molar-refractivity contribution in [1.29, 1.82) is 0 Å². The number of nitrogens with zero attached hydrogens (tertiary/aromatic N) is 1. The maximum Gasteiger partial charge on any atom is 0.337 e. The van der Waals surface area contributed by atoms with Gasteiger partial charge in [0.15, 0.2) is 0 Å². The number of hydrogen-bond donors (Lipinski definition) is 0. The minimum Gasteiger partial charge on any atom is -0.497 e. The van der Waals surface area contributed by atoms with Crippen molar-refractivity contribution in [3.8, 4) is 5.75 Å². The van der Waals surface area contributed by atoms with Gasteiger partial charge in [-0.05, 0) is 67.2 Å². The van der Waals surface area contributed by atoms with E-state index in [4.69, 9.17) is 9.47 Å². The average Bonchev–Trinajstić information content (AvgIpc) is 3.61. The zero-order chi connectivity index (χ0) is 20.8. The topological polar surface area (TPSA) is 55.8 Å². The molecule has 152 valence electrons. The number of methoxy groups -OCH3 is 2. The molecule has 0 aliphatic heterocycles. The van der Waals surface area contributed by atoms with Gasteiger partial charge in [-0.3, -0.25) is 4.79 Å². The lowest BCUT2D eigenvalue weighted by Crippen LogP contribution is -2.38. The van der Waals surface area contributed by atoms with Crippen LogP contribution < -0.4 is 4.74 Å². The van der Waals surface area contributed by atoms with Crippen LogP contribution in [0.2, 0.25) is 0 Å². The van der Waals surface area contributed by atoms with E-state index in [1.165, 1.54) is 20.0 Å². The summed E-state index contributed by atoms with van der Waals surface area (Å²) in [5.41, 5.74) is 2.41. The Bertz CT molecular complexity index is 867. The maximum atomic E-state index is 13.0.